The number of hydrogen-bond acceptors (Lipinski definition) is 3. The van der Waals surface area contributed by atoms with Crippen molar-refractivity contribution in [3.8, 4) is 5.69 Å². The molecule has 0 fully saturated rings. The van der Waals surface area contributed by atoms with Crippen LogP contribution in [0.2, 0.25) is 0 Å². The Morgan fingerprint density at radius 1 is 1.10 bits per heavy atom. The molecule has 0 saturated heterocycles. The third-order valence-electron chi connectivity index (χ3n) is 5.03. The second kappa shape index (κ2) is 6.25. The summed E-state index contributed by atoms with van der Waals surface area (Å²) >= 11 is 5.93. The monoisotopic (exact) mass is 418 g/mol. The van der Waals surface area contributed by atoms with E-state index in [4.69, 9.17) is 16.4 Å². The van der Waals surface area contributed by atoms with Crippen molar-refractivity contribution in [2.45, 2.75) is 18.7 Å². The molecule has 4 aromatic rings. The average Bonchev–Trinajstić information content (AvgIpc) is 3.34. The highest BCUT2D eigenvalue weighted by molar-refractivity contribution is 6.65. The number of hydrogen-bond donors (Lipinski definition) is 0. The lowest BCUT2D eigenvalue weighted by atomic mass is 10.0. The van der Waals surface area contributed by atoms with Crippen molar-refractivity contribution in [2.24, 2.45) is 12.2 Å². The third-order valence-corrected chi connectivity index (χ3v) is 5.25. The number of rotatable bonds is 2. The van der Waals surface area contributed by atoms with E-state index in [9.17, 15) is 13.2 Å². The molecule has 3 heterocycles. The van der Waals surface area contributed by atoms with Crippen LogP contribution in [0.4, 0.5) is 13.2 Å². The van der Waals surface area contributed by atoms with E-state index in [0.717, 1.165) is 34.0 Å². The summed E-state index contributed by atoms with van der Waals surface area (Å²) < 4.78 is 42.4. The van der Waals surface area contributed by atoms with E-state index in [2.05, 4.69) is 10.3 Å². The molecule has 29 heavy (non-hydrogen) atoms. The largest absolute Gasteiger partial charge is 0.416 e. The number of fused-ring (bicyclic) bond motifs is 3. The topological polar surface area (TPSA) is 44.3 Å². The van der Waals surface area contributed by atoms with Crippen molar-refractivity contribution in [1.29, 1.82) is 0 Å². The molecule has 0 saturated carbocycles. The minimum atomic E-state index is -4.38. The van der Waals surface area contributed by atoms with Gasteiger partial charge in [-0.25, -0.2) is 0 Å². The molecule has 5 rings (SSSR count). The molecule has 0 aliphatic carbocycles. The van der Waals surface area contributed by atoms with Gasteiger partial charge in [-0.1, -0.05) is 22.8 Å². The van der Waals surface area contributed by atoms with Crippen LogP contribution in [0.5, 0.6) is 0 Å². The number of aryl methyl sites for hydroxylation is 1. The van der Waals surface area contributed by atoms with Gasteiger partial charge in [-0.2, -0.15) is 18.3 Å². The molecule has 0 amide bonds. The highest BCUT2D eigenvalue weighted by atomic mass is 35.5. The lowest BCUT2D eigenvalue weighted by molar-refractivity contribution is -0.137. The lowest BCUT2D eigenvalue weighted by Crippen LogP contribution is -2.05. The molecule has 2 aromatic heterocycles. The smallest absolute Gasteiger partial charge is 0.386 e. The summed E-state index contributed by atoms with van der Waals surface area (Å²) in [5.74, 6) is 0. The van der Waals surface area contributed by atoms with Crippen LogP contribution < -0.4 is 0 Å². The van der Waals surface area contributed by atoms with Gasteiger partial charge in [0.25, 0.3) is 0 Å². The summed E-state index contributed by atoms with van der Waals surface area (Å²) in [7, 11) is 1.81. The number of oxime groups is 1. The quantitative estimate of drug-likeness (QED) is 0.428. The van der Waals surface area contributed by atoms with Gasteiger partial charge in [-0.3, -0.25) is 9.25 Å². The molecular weight excluding hydrogens is 405 g/mol. The van der Waals surface area contributed by atoms with E-state index in [1.165, 1.54) is 12.1 Å². The first kappa shape index (κ1) is 18.1. The Labute approximate surface area is 167 Å². The predicted octanol–water partition coefficient (Wildman–Crippen LogP) is 5.55. The molecule has 1 aliphatic heterocycles. The van der Waals surface area contributed by atoms with Crippen molar-refractivity contribution < 1.29 is 18.0 Å². The molecule has 148 valence electrons. The Hall–Kier alpha value is -3.00. The predicted molar refractivity (Wildman–Crippen MR) is 104 cm³/mol. The first-order valence-corrected chi connectivity index (χ1v) is 9.22. The molecule has 2 aromatic carbocycles. The summed E-state index contributed by atoms with van der Waals surface area (Å²) in [6.07, 6.45) is -2.24. The number of alkyl halides is 3. The maximum Gasteiger partial charge on any atom is 0.416 e. The summed E-state index contributed by atoms with van der Waals surface area (Å²) in [5, 5.41) is 10.6. The van der Waals surface area contributed by atoms with Gasteiger partial charge in [-0.05, 0) is 42.0 Å². The second-order valence-corrected chi connectivity index (χ2v) is 7.40. The van der Waals surface area contributed by atoms with Gasteiger partial charge in [0.15, 0.2) is 11.8 Å². The van der Waals surface area contributed by atoms with Crippen molar-refractivity contribution >= 4 is 38.7 Å². The van der Waals surface area contributed by atoms with Crippen LogP contribution in [-0.2, 0) is 18.1 Å². The zero-order chi connectivity index (χ0) is 20.3. The fraction of sp³-hybridized carbons (Fsp3) is 0.200. The van der Waals surface area contributed by atoms with Gasteiger partial charge >= 0.3 is 6.18 Å². The van der Waals surface area contributed by atoms with Crippen molar-refractivity contribution in [3.63, 3.8) is 0 Å². The van der Waals surface area contributed by atoms with E-state index < -0.39 is 11.7 Å². The van der Waals surface area contributed by atoms with Crippen molar-refractivity contribution in [3.05, 3.63) is 59.8 Å². The van der Waals surface area contributed by atoms with Crippen LogP contribution in [0.25, 0.3) is 27.6 Å². The highest BCUT2D eigenvalue weighted by Gasteiger charge is 2.30. The van der Waals surface area contributed by atoms with E-state index in [1.54, 1.807) is 11.7 Å². The molecule has 0 bridgehead atoms. The Balaban J connectivity index is 1.68. The summed E-state index contributed by atoms with van der Waals surface area (Å²) in [6, 6.07) is 10.9. The summed E-state index contributed by atoms with van der Waals surface area (Å²) in [5.41, 5.74) is 2.35. The maximum atomic E-state index is 12.9. The van der Waals surface area contributed by atoms with Gasteiger partial charge < -0.3 is 4.84 Å². The van der Waals surface area contributed by atoms with Crippen molar-refractivity contribution in [2.75, 3.05) is 0 Å². The highest BCUT2D eigenvalue weighted by Crippen LogP contribution is 2.36. The average molecular weight is 419 g/mol. The molecule has 0 radical (unpaired) electrons. The fourth-order valence-corrected chi connectivity index (χ4v) is 3.88. The van der Waals surface area contributed by atoms with Crippen LogP contribution in [0.1, 0.15) is 23.7 Å². The Morgan fingerprint density at radius 3 is 2.52 bits per heavy atom. The summed E-state index contributed by atoms with van der Waals surface area (Å²) in [4.78, 5) is 5.38. The second-order valence-electron chi connectivity index (χ2n) is 6.96. The number of halogens is 4. The van der Waals surface area contributed by atoms with Gasteiger partial charge in [0.1, 0.15) is 5.17 Å². The fourth-order valence-electron chi connectivity index (χ4n) is 3.70. The SMILES string of the molecule is Cn1cc2c3cc(C4CC(Cl)=NO4)ccc3n(-c3ccc(C(F)(F)F)cc3)c2n1. The number of nitrogens with zero attached hydrogens (tertiary/aromatic N) is 4. The van der Waals surface area contributed by atoms with Gasteiger partial charge in [-0.15, -0.1) is 0 Å². The normalized spacial score (nSPS) is 17.1. The third kappa shape index (κ3) is 2.95. The van der Waals surface area contributed by atoms with E-state index >= 15 is 0 Å². The van der Waals surface area contributed by atoms with Crippen LogP contribution in [-0.4, -0.2) is 19.5 Å². The Kier molecular flexibility index (Phi) is 3.89. The Morgan fingerprint density at radius 2 is 1.86 bits per heavy atom. The molecule has 0 spiro atoms. The first-order chi connectivity index (χ1) is 13.8. The van der Waals surface area contributed by atoms with Crippen LogP contribution >= 0.6 is 11.6 Å². The number of aromatic nitrogens is 3. The molecule has 1 aliphatic rings. The van der Waals surface area contributed by atoms with Crippen LogP contribution in [0.15, 0.2) is 53.8 Å². The van der Waals surface area contributed by atoms with Gasteiger partial charge in [0, 0.05) is 36.1 Å². The van der Waals surface area contributed by atoms with E-state index in [-0.39, 0.29) is 6.10 Å². The molecule has 1 atom stereocenters. The molecule has 1 unspecified atom stereocenters. The minimum absolute atomic E-state index is 0.256. The molecular formula is C20H14ClF3N4O. The van der Waals surface area contributed by atoms with E-state index in [0.29, 0.717) is 22.9 Å². The maximum absolute atomic E-state index is 12.9. The zero-order valence-corrected chi connectivity index (χ0v) is 15.9. The molecule has 5 nitrogen and oxygen atoms in total. The van der Waals surface area contributed by atoms with Gasteiger partial charge in [0.05, 0.1) is 11.1 Å². The Bertz CT molecular complexity index is 1270. The first-order valence-electron chi connectivity index (χ1n) is 8.85. The van der Waals surface area contributed by atoms with Gasteiger partial charge in [0.2, 0.25) is 0 Å². The van der Waals surface area contributed by atoms with Crippen LogP contribution in [0.3, 0.4) is 0 Å². The van der Waals surface area contributed by atoms with Crippen molar-refractivity contribution in [1.82, 2.24) is 14.3 Å². The molecule has 0 N–H and O–H groups in total. The standard InChI is InChI=1S/C20H14ClF3N4O/c1-27-10-15-14-8-11(17-9-18(21)26-29-17)2-7-16(14)28(19(15)25-27)13-5-3-12(4-6-13)20(22,23)24/h2-8,10,17H,9H2,1H3. The zero-order valence-electron chi connectivity index (χ0n) is 15.1. The summed E-state index contributed by atoms with van der Waals surface area (Å²) in [6.45, 7) is 0. The van der Waals surface area contributed by atoms with E-state index in [1.807, 2.05) is 29.0 Å². The molecule has 9 heteroatoms. The number of benzene rings is 2. The minimum Gasteiger partial charge on any atom is -0.386 e. The van der Waals surface area contributed by atoms with Crippen LogP contribution in [0, 0.1) is 0 Å². The lowest BCUT2D eigenvalue weighted by Gasteiger charge is -2.11.